The molecule has 0 saturated heterocycles. The van der Waals surface area contributed by atoms with E-state index in [4.69, 9.17) is 79.1 Å². The highest BCUT2D eigenvalue weighted by molar-refractivity contribution is 6.33. The Balaban J connectivity index is 1.53. The monoisotopic (exact) mass is 626 g/mol. The predicted octanol–water partition coefficient (Wildman–Crippen LogP) is 10.8. The van der Waals surface area contributed by atoms with E-state index < -0.39 is 11.8 Å². The minimum Gasteiger partial charge on any atom is -0.457 e. The largest absolute Gasteiger partial charge is 0.457 e. The molecule has 3 nitrogen and oxygen atoms in total. The van der Waals surface area contributed by atoms with Crippen molar-refractivity contribution in [3.63, 3.8) is 0 Å². The normalized spacial score (nSPS) is 12.6. The summed E-state index contributed by atoms with van der Waals surface area (Å²) in [6.07, 6.45) is 0. The topological polar surface area (TPSA) is 35.5 Å². The van der Waals surface area contributed by atoms with Crippen LogP contribution in [-0.4, -0.2) is 17.5 Å². The van der Waals surface area contributed by atoms with E-state index in [0.717, 1.165) is 0 Å². The van der Waals surface area contributed by atoms with Crippen molar-refractivity contribution in [2.24, 2.45) is 0 Å². The first kappa shape index (κ1) is 28.9. The van der Waals surface area contributed by atoms with Crippen LogP contribution in [0.1, 0.15) is 23.0 Å². The van der Waals surface area contributed by atoms with Crippen LogP contribution in [0.2, 0.25) is 20.1 Å². The summed E-state index contributed by atoms with van der Waals surface area (Å²) in [4.78, 5) is 13.7. The van der Waals surface area contributed by atoms with Crippen LogP contribution >= 0.6 is 69.6 Å². The van der Waals surface area contributed by atoms with Crippen LogP contribution in [0.25, 0.3) is 0 Å². The molecule has 4 rings (SSSR count). The van der Waals surface area contributed by atoms with Crippen LogP contribution in [0, 0.1) is 0 Å². The van der Waals surface area contributed by atoms with Gasteiger partial charge >= 0.3 is 0 Å². The molecule has 0 N–H and O–H groups in total. The molecule has 0 aliphatic carbocycles. The molecule has 2 atom stereocenters. The number of carbonyl (C=O) groups excluding carboxylic acids is 1. The lowest BCUT2D eigenvalue weighted by Gasteiger charge is -2.22. The SMILES string of the molecule is O=C(C(CCl)c1ccc(Oc2ccc(Cl)cc2)cc1Cl)C(CCl)c1ccc(Oc2ccc(Cl)cc2)cc1Cl. The number of ether oxygens (including phenoxy) is 2. The number of Topliss-reactive ketones (excluding diaryl/α,β-unsaturated/α-hetero) is 1. The lowest BCUT2D eigenvalue weighted by Crippen LogP contribution is -2.24. The summed E-state index contributed by atoms with van der Waals surface area (Å²) in [5.74, 6) is 0.628. The molecule has 196 valence electrons. The van der Waals surface area contributed by atoms with Gasteiger partial charge in [0.25, 0.3) is 0 Å². The number of ketones is 1. The molecule has 0 spiro atoms. The predicted molar refractivity (Wildman–Crippen MR) is 158 cm³/mol. The fourth-order valence-corrected chi connectivity index (χ4v) is 5.35. The molecule has 0 amide bonds. The van der Waals surface area contributed by atoms with Crippen molar-refractivity contribution in [1.29, 1.82) is 0 Å². The third kappa shape index (κ3) is 7.09. The molecule has 4 aromatic rings. The van der Waals surface area contributed by atoms with E-state index in [2.05, 4.69) is 0 Å². The van der Waals surface area contributed by atoms with Crippen molar-refractivity contribution in [1.82, 2.24) is 0 Å². The van der Waals surface area contributed by atoms with Crippen molar-refractivity contribution >= 4 is 75.4 Å². The molecular formula is C29H20Cl6O3. The van der Waals surface area contributed by atoms with Gasteiger partial charge in [-0.15, -0.1) is 23.2 Å². The molecule has 0 radical (unpaired) electrons. The van der Waals surface area contributed by atoms with Crippen LogP contribution in [0.15, 0.2) is 84.9 Å². The fraction of sp³-hybridized carbons (Fsp3) is 0.138. The van der Waals surface area contributed by atoms with Crippen LogP contribution in [0.5, 0.6) is 23.0 Å². The first-order chi connectivity index (χ1) is 18.3. The van der Waals surface area contributed by atoms with E-state index >= 15 is 0 Å². The van der Waals surface area contributed by atoms with Gasteiger partial charge in [0.05, 0.1) is 11.8 Å². The molecule has 0 aliphatic heterocycles. The highest BCUT2D eigenvalue weighted by Crippen LogP contribution is 2.38. The van der Waals surface area contributed by atoms with Gasteiger partial charge in [-0.05, 0) is 83.9 Å². The second kappa shape index (κ2) is 13.3. The molecular weight excluding hydrogens is 609 g/mol. The Labute approximate surface area is 251 Å². The maximum atomic E-state index is 13.7. The van der Waals surface area contributed by atoms with Crippen molar-refractivity contribution in [3.05, 3.63) is 116 Å². The fourth-order valence-electron chi connectivity index (χ4n) is 3.85. The molecule has 0 aromatic heterocycles. The molecule has 0 aliphatic rings. The van der Waals surface area contributed by atoms with Gasteiger partial charge in [0.2, 0.25) is 0 Å². The molecule has 0 saturated carbocycles. The maximum Gasteiger partial charge on any atom is 0.150 e. The van der Waals surface area contributed by atoms with E-state index in [1.54, 1.807) is 84.9 Å². The van der Waals surface area contributed by atoms with E-state index in [1.807, 2.05) is 0 Å². The summed E-state index contributed by atoms with van der Waals surface area (Å²) < 4.78 is 11.7. The lowest BCUT2D eigenvalue weighted by molar-refractivity contribution is -0.121. The molecule has 2 unspecified atom stereocenters. The molecule has 0 heterocycles. The Morgan fingerprint density at radius 3 is 1.21 bits per heavy atom. The van der Waals surface area contributed by atoms with Gasteiger partial charge in [-0.3, -0.25) is 4.79 Å². The summed E-state index contributed by atoms with van der Waals surface area (Å²) in [5, 5.41) is 1.90. The van der Waals surface area contributed by atoms with Gasteiger partial charge in [-0.1, -0.05) is 58.5 Å². The zero-order valence-electron chi connectivity index (χ0n) is 19.6. The highest BCUT2D eigenvalue weighted by atomic mass is 35.5. The van der Waals surface area contributed by atoms with E-state index in [-0.39, 0.29) is 17.5 Å². The zero-order valence-corrected chi connectivity index (χ0v) is 24.2. The minimum absolute atomic E-state index is 0.0126. The van der Waals surface area contributed by atoms with Crippen molar-refractivity contribution < 1.29 is 14.3 Å². The summed E-state index contributed by atoms with van der Waals surface area (Å²) in [7, 11) is 0. The van der Waals surface area contributed by atoms with E-state index in [9.17, 15) is 4.79 Å². The van der Waals surface area contributed by atoms with Gasteiger partial charge in [0.15, 0.2) is 0 Å². The Bertz CT molecular complexity index is 1300. The second-order valence-corrected chi connectivity index (χ2v) is 10.6. The van der Waals surface area contributed by atoms with Crippen LogP contribution < -0.4 is 9.47 Å². The van der Waals surface area contributed by atoms with Gasteiger partial charge < -0.3 is 9.47 Å². The Morgan fingerprint density at radius 1 is 0.553 bits per heavy atom. The van der Waals surface area contributed by atoms with Gasteiger partial charge in [-0.2, -0.15) is 0 Å². The third-order valence-electron chi connectivity index (χ3n) is 5.79. The van der Waals surface area contributed by atoms with E-state index in [1.165, 1.54) is 0 Å². The van der Waals surface area contributed by atoms with Gasteiger partial charge in [-0.25, -0.2) is 0 Å². The molecule has 38 heavy (non-hydrogen) atoms. The molecule has 4 aromatic carbocycles. The smallest absolute Gasteiger partial charge is 0.150 e. The Morgan fingerprint density at radius 2 is 0.895 bits per heavy atom. The number of halogens is 6. The van der Waals surface area contributed by atoms with Crippen molar-refractivity contribution in [2.75, 3.05) is 11.8 Å². The molecule has 9 heteroatoms. The van der Waals surface area contributed by atoms with Crippen molar-refractivity contribution in [2.45, 2.75) is 11.8 Å². The number of hydrogen-bond donors (Lipinski definition) is 0. The molecule has 0 fully saturated rings. The number of alkyl halides is 2. The molecule has 0 bridgehead atoms. The number of hydrogen-bond acceptors (Lipinski definition) is 3. The maximum absolute atomic E-state index is 13.7. The van der Waals surface area contributed by atoms with Crippen molar-refractivity contribution in [3.8, 4) is 23.0 Å². The average molecular weight is 629 g/mol. The quantitative estimate of drug-likeness (QED) is 0.164. The third-order valence-corrected chi connectivity index (χ3v) is 7.56. The van der Waals surface area contributed by atoms with Crippen LogP contribution in [0.4, 0.5) is 0 Å². The summed E-state index contributed by atoms with van der Waals surface area (Å²) in [6, 6.07) is 24.1. The van der Waals surface area contributed by atoms with Crippen LogP contribution in [-0.2, 0) is 4.79 Å². The number of carbonyl (C=O) groups is 1. The summed E-state index contributed by atoms with van der Waals surface area (Å²) in [6.45, 7) is 0. The standard InChI is InChI=1S/C29H20Cl6O3/c30-15-25(23-11-9-21(13-27(23)34)37-19-5-1-17(32)2-6-19)29(36)26(16-31)24-12-10-22(14-28(24)35)38-20-7-3-18(33)4-8-20/h1-14,25-26H,15-16H2. The summed E-state index contributed by atoms with van der Waals surface area (Å²) in [5.41, 5.74) is 1.15. The highest BCUT2D eigenvalue weighted by Gasteiger charge is 2.31. The summed E-state index contributed by atoms with van der Waals surface area (Å²) >= 11 is 37.6. The van der Waals surface area contributed by atoms with Crippen LogP contribution in [0.3, 0.4) is 0 Å². The van der Waals surface area contributed by atoms with Gasteiger partial charge in [0, 0.05) is 31.9 Å². The number of benzene rings is 4. The van der Waals surface area contributed by atoms with E-state index in [0.29, 0.717) is 54.2 Å². The number of rotatable bonds is 10. The lowest BCUT2D eigenvalue weighted by atomic mass is 9.85. The first-order valence-corrected chi connectivity index (χ1v) is 14.0. The second-order valence-electron chi connectivity index (χ2n) is 8.29. The van der Waals surface area contributed by atoms with Gasteiger partial charge in [0.1, 0.15) is 28.8 Å². The zero-order chi connectivity index (χ0) is 27.2. The average Bonchev–Trinajstić information content (AvgIpc) is 2.90. The first-order valence-electron chi connectivity index (χ1n) is 11.4. The minimum atomic E-state index is -0.710. The Hall–Kier alpha value is -2.11. The Kier molecular flexibility index (Phi) is 10.1.